The van der Waals surface area contributed by atoms with Crippen molar-refractivity contribution in [3.05, 3.63) is 0 Å². The summed E-state index contributed by atoms with van der Waals surface area (Å²) in [5, 5.41) is 10.8. The van der Waals surface area contributed by atoms with Gasteiger partial charge in [-0.3, -0.25) is 9.59 Å². The van der Waals surface area contributed by atoms with Crippen LogP contribution >= 0.6 is 0 Å². The minimum atomic E-state index is -0.649. The zero-order chi connectivity index (χ0) is 22.7. The molecule has 0 radical (unpaired) electrons. The van der Waals surface area contributed by atoms with Gasteiger partial charge in [-0.05, 0) is 78.9 Å². The molecule has 0 aromatic carbocycles. The molecular formula is C26H42O5. The van der Waals surface area contributed by atoms with Crippen molar-refractivity contribution < 1.29 is 24.2 Å². The fraction of sp³-hybridized carbons (Fsp3) is 0.923. The Hall–Kier alpha value is -1.10. The number of carbonyl (C=O) groups is 2. The van der Waals surface area contributed by atoms with Crippen LogP contribution in [0.15, 0.2) is 0 Å². The molecule has 11 atom stereocenters. The lowest BCUT2D eigenvalue weighted by Crippen LogP contribution is -2.64. The summed E-state index contributed by atoms with van der Waals surface area (Å²) in [5.41, 5.74) is 0.298. The van der Waals surface area contributed by atoms with Crippen LogP contribution in [0.5, 0.6) is 0 Å². The second-order valence-corrected chi connectivity index (χ2v) is 11.7. The Labute approximate surface area is 187 Å². The number of hydrogen-bond acceptors (Lipinski definition) is 5. The van der Waals surface area contributed by atoms with E-state index in [1.165, 1.54) is 39.5 Å². The van der Waals surface area contributed by atoms with E-state index in [9.17, 15) is 14.7 Å². The number of rotatable bonds is 3. The average molecular weight is 435 g/mol. The SMILES string of the molecule is CC[C@H]1CCC2C3C(CC[C@@]21C)[C@@]1(C)C[C@@H](OC(C)=O)C(O)CC1[C@@H](C)[C@@H]3OC(C)=O. The molecular weight excluding hydrogens is 392 g/mol. The summed E-state index contributed by atoms with van der Waals surface area (Å²) in [7, 11) is 0. The smallest absolute Gasteiger partial charge is 0.302 e. The van der Waals surface area contributed by atoms with Crippen molar-refractivity contribution in [3.63, 3.8) is 0 Å². The van der Waals surface area contributed by atoms with Crippen molar-refractivity contribution in [3.8, 4) is 0 Å². The van der Waals surface area contributed by atoms with Gasteiger partial charge in [0.1, 0.15) is 12.2 Å². The third-order valence-corrected chi connectivity index (χ3v) is 10.4. The van der Waals surface area contributed by atoms with Crippen molar-refractivity contribution in [1.82, 2.24) is 0 Å². The summed E-state index contributed by atoms with van der Waals surface area (Å²) in [6.45, 7) is 12.4. The van der Waals surface area contributed by atoms with Gasteiger partial charge in [0.25, 0.3) is 0 Å². The van der Waals surface area contributed by atoms with Gasteiger partial charge in [-0.2, -0.15) is 0 Å². The Morgan fingerprint density at radius 2 is 1.61 bits per heavy atom. The molecule has 4 fully saturated rings. The minimum Gasteiger partial charge on any atom is -0.462 e. The van der Waals surface area contributed by atoms with E-state index in [0.717, 1.165) is 12.3 Å². The van der Waals surface area contributed by atoms with Gasteiger partial charge in [0.2, 0.25) is 0 Å². The van der Waals surface area contributed by atoms with Crippen LogP contribution in [-0.2, 0) is 19.1 Å². The van der Waals surface area contributed by atoms with Gasteiger partial charge in [0.15, 0.2) is 0 Å². The van der Waals surface area contributed by atoms with Crippen molar-refractivity contribution in [2.24, 2.45) is 46.3 Å². The van der Waals surface area contributed by atoms with E-state index >= 15 is 0 Å². The molecule has 0 saturated heterocycles. The molecule has 0 spiro atoms. The van der Waals surface area contributed by atoms with Crippen LogP contribution < -0.4 is 0 Å². The van der Waals surface area contributed by atoms with Crippen molar-refractivity contribution in [1.29, 1.82) is 0 Å². The van der Waals surface area contributed by atoms with Gasteiger partial charge in [-0.25, -0.2) is 0 Å². The number of ether oxygens (including phenoxy) is 2. The first-order valence-electron chi connectivity index (χ1n) is 12.6. The summed E-state index contributed by atoms with van der Waals surface area (Å²) in [6.07, 6.45) is 6.22. The van der Waals surface area contributed by atoms with E-state index < -0.39 is 12.2 Å². The Balaban J connectivity index is 1.73. The number of esters is 2. The molecule has 0 heterocycles. The van der Waals surface area contributed by atoms with E-state index in [4.69, 9.17) is 9.47 Å². The maximum atomic E-state index is 12.2. The Morgan fingerprint density at radius 1 is 0.968 bits per heavy atom. The molecule has 31 heavy (non-hydrogen) atoms. The van der Waals surface area contributed by atoms with Crippen LogP contribution in [0.4, 0.5) is 0 Å². The van der Waals surface area contributed by atoms with Gasteiger partial charge in [-0.1, -0.05) is 34.1 Å². The third kappa shape index (κ3) is 3.54. The number of aliphatic hydroxyl groups is 1. The van der Waals surface area contributed by atoms with Gasteiger partial charge in [0, 0.05) is 19.8 Å². The van der Waals surface area contributed by atoms with E-state index in [0.29, 0.717) is 36.0 Å². The fourth-order valence-electron chi connectivity index (χ4n) is 9.14. The Kier molecular flexibility index (Phi) is 5.98. The maximum Gasteiger partial charge on any atom is 0.302 e. The van der Waals surface area contributed by atoms with Gasteiger partial charge in [0.05, 0.1) is 6.10 Å². The highest BCUT2D eigenvalue weighted by atomic mass is 16.6. The largest absolute Gasteiger partial charge is 0.462 e. The van der Waals surface area contributed by atoms with Gasteiger partial charge < -0.3 is 14.6 Å². The highest BCUT2D eigenvalue weighted by Crippen LogP contribution is 2.69. The highest BCUT2D eigenvalue weighted by Gasteiger charge is 2.66. The standard InChI is InChI=1S/C26H42O5/c1-7-17-8-9-18-23-19(10-11-25(17,18)5)26(6)13-22(30-15(3)27)21(29)12-20(26)14(2)24(23)31-16(4)28/h14,17-24,29H,7-13H2,1-6H3/t14-,17+,18?,19?,20?,21?,22-,23?,24+,25-,26-/m1/s1. The summed E-state index contributed by atoms with van der Waals surface area (Å²) in [6, 6.07) is 0. The molecule has 0 bridgehead atoms. The predicted molar refractivity (Wildman–Crippen MR) is 118 cm³/mol. The van der Waals surface area contributed by atoms with Crippen LogP contribution in [0, 0.1) is 46.3 Å². The second kappa shape index (κ2) is 8.04. The quantitative estimate of drug-likeness (QED) is 0.649. The number of carbonyl (C=O) groups excluding carboxylic acids is 2. The summed E-state index contributed by atoms with van der Waals surface area (Å²) >= 11 is 0. The second-order valence-electron chi connectivity index (χ2n) is 11.7. The summed E-state index contributed by atoms with van der Waals surface area (Å²) in [4.78, 5) is 23.9. The molecule has 0 aromatic rings. The summed E-state index contributed by atoms with van der Waals surface area (Å²) < 4.78 is 11.7. The molecule has 5 unspecified atom stereocenters. The highest BCUT2D eigenvalue weighted by molar-refractivity contribution is 5.66. The zero-order valence-corrected chi connectivity index (χ0v) is 20.2. The topological polar surface area (TPSA) is 72.8 Å². The predicted octanol–water partition coefficient (Wildman–Crippen LogP) is 4.75. The molecule has 0 amide bonds. The molecule has 4 saturated carbocycles. The molecule has 4 aliphatic rings. The lowest BCUT2D eigenvalue weighted by molar-refractivity contribution is -0.229. The average Bonchev–Trinajstić information content (AvgIpc) is 3.02. The molecule has 176 valence electrons. The third-order valence-electron chi connectivity index (χ3n) is 10.4. The first kappa shape index (κ1) is 23.1. The normalized spacial score (nSPS) is 51.3. The first-order chi connectivity index (χ1) is 14.5. The van der Waals surface area contributed by atoms with E-state index in [2.05, 4.69) is 27.7 Å². The molecule has 5 nitrogen and oxygen atoms in total. The molecule has 0 aromatic heterocycles. The van der Waals surface area contributed by atoms with Gasteiger partial charge in [-0.15, -0.1) is 0 Å². The van der Waals surface area contributed by atoms with Gasteiger partial charge >= 0.3 is 11.9 Å². The molecule has 1 N–H and O–H groups in total. The number of fused-ring (bicyclic) bond motifs is 5. The number of aliphatic hydroxyl groups excluding tert-OH is 1. The maximum absolute atomic E-state index is 12.2. The minimum absolute atomic E-state index is 0.0221. The summed E-state index contributed by atoms with van der Waals surface area (Å²) in [5.74, 6) is 2.03. The van der Waals surface area contributed by atoms with Crippen LogP contribution in [0.25, 0.3) is 0 Å². The molecule has 4 rings (SSSR count). The fourth-order valence-corrected chi connectivity index (χ4v) is 9.14. The molecule has 5 heteroatoms. The molecule has 0 aliphatic heterocycles. The van der Waals surface area contributed by atoms with Crippen LogP contribution in [-0.4, -0.2) is 35.4 Å². The Bertz CT molecular complexity index is 721. The van der Waals surface area contributed by atoms with Crippen molar-refractivity contribution in [2.75, 3.05) is 0 Å². The number of hydrogen-bond donors (Lipinski definition) is 1. The van der Waals surface area contributed by atoms with E-state index in [1.54, 1.807) is 0 Å². The molecule has 4 aliphatic carbocycles. The first-order valence-corrected chi connectivity index (χ1v) is 12.6. The van der Waals surface area contributed by atoms with Crippen molar-refractivity contribution >= 4 is 11.9 Å². The van der Waals surface area contributed by atoms with Crippen LogP contribution in [0.1, 0.15) is 86.5 Å². The van der Waals surface area contributed by atoms with Crippen molar-refractivity contribution in [2.45, 2.75) is 105 Å². The lowest BCUT2D eigenvalue weighted by Gasteiger charge is -2.65. The Morgan fingerprint density at radius 3 is 2.23 bits per heavy atom. The lowest BCUT2D eigenvalue weighted by atomic mass is 9.41. The van der Waals surface area contributed by atoms with Crippen LogP contribution in [0.2, 0.25) is 0 Å². The van der Waals surface area contributed by atoms with E-state index in [-0.39, 0.29) is 35.3 Å². The van der Waals surface area contributed by atoms with E-state index in [1.807, 2.05) is 0 Å². The van der Waals surface area contributed by atoms with Crippen LogP contribution in [0.3, 0.4) is 0 Å². The zero-order valence-electron chi connectivity index (χ0n) is 20.2. The monoisotopic (exact) mass is 434 g/mol.